The molecule has 3 heteroatoms. The Hall–Kier alpha value is -1.45. The largest absolute Gasteiger partial charge is 0.378 e. The van der Waals surface area contributed by atoms with Gasteiger partial charge in [0.2, 0.25) is 0 Å². The Balaban J connectivity index is 2.07. The summed E-state index contributed by atoms with van der Waals surface area (Å²) in [5.41, 5.74) is 4.24. The molecule has 3 rings (SSSR count). The first kappa shape index (κ1) is 19.3. The number of nitrogens with one attached hydrogen (secondary N) is 1. The zero-order valence-electron chi connectivity index (χ0n) is 16.6. The van der Waals surface area contributed by atoms with E-state index in [-0.39, 0.29) is 11.6 Å². The summed E-state index contributed by atoms with van der Waals surface area (Å²) < 4.78 is 0. The normalized spacial score (nSPS) is 22.5. The molecule has 1 aliphatic heterocycles. The maximum absolute atomic E-state index is 4.11. The molecule has 2 nitrogen and oxygen atoms in total. The van der Waals surface area contributed by atoms with Crippen LogP contribution in [0.4, 0.5) is 5.69 Å². The summed E-state index contributed by atoms with van der Waals surface area (Å²) in [5.74, 6) is 1.14. The third kappa shape index (κ3) is 4.10. The molecule has 0 aromatic heterocycles. The van der Waals surface area contributed by atoms with Gasteiger partial charge in [0.15, 0.2) is 0 Å². The minimum Gasteiger partial charge on any atom is -0.378 e. The molecule has 2 atom stereocenters. The van der Waals surface area contributed by atoms with Gasteiger partial charge in [0.05, 0.1) is 6.04 Å². The fourth-order valence-corrected chi connectivity index (χ4v) is 5.13. The molecule has 1 N–H and O–H groups in total. The minimum atomic E-state index is 0.193. The van der Waals surface area contributed by atoms with Crippen LogP contribution in [0.3, 0.4) is 0 Å². The Bertz CT molecular complexity index is 713. The average Bonchev–Trinajstić information content (AvgIpc) is 2.84. The van der Waals surface area contributed by atoms with Gasteiger partial charge in [-0.3, -0.25) is 5.32 Å². The standard InChI is InChI=1S/C23H32N2S/c1-5-7-15-23(6-2)17-26-21-14-13-19(25(3)4)16-20(21)22(24-23)18-11-9-8-10-12-18/h8-14,16,22,24H,5-7,15,17H2,1-4H3/t22-,23-/m1/s1. The fourth-order valence-electron chi connectivity index (χ4n) is 3.76. The number of thioether (sulfide) groups is 1. The summed E-state index contributed by atoms with van der Waals surface area (Å²) in [6.45, 7) is 4.63. The van der Waals surface area contributed by atoms with E-state index < -0.39 is 0 Å². The van der Waals surface area contributed by atoms with E-state index in [0.29, 0.717) is 0 Å². The van der Waals surface area contributed by atoms with Crippen molar-refractivity contribution in [2.75, 3.05) is 24.7 Å². The summed E-state index contributed by atoms with van der Waals surface area (Å²) >= 11 is 2.03. The lowest BCUT2D eigenvalue weighted by Crippen LogP contribution is -2.48. The van der Waals surface area contributed by atoms with Crippen LogP contribution in [0.2, 0.25) is 0 Å². The highest BCUT2D eigenvalue weighted by Gasteiger charge is 2.35. The molecular weight excluding hydrogens is 336 g/mol. The van der Waals surface area contributed by atoms with Crippen LogP contribution in [0, 0.1) is 0 Å². The van der Waals surface area contributed by atoms with Crippen molar-refractivity contribution in [3.05, 3.63) is 59.7 Å². The Morgan fingerprint density at radius 3 is 2.54 bits per heavy atom. The van der Waals surface area contributed by atoms with Gasteiger partial charge in [-0.1, -0.05) is 57.0 Å². The average molecular weight is 369 g/mol. The molecule has 0 saturated heterocycles. The number of unbranched alkanes of at least 4 members (excludes halogenated alkanes) is 1. The van der Waals surface area contributed by atoms with E-state index in [9.17, 15) is 0 Å². The molecule has 0 amide bonds. The number of nitrogens with zero attached hydrogens (tertiary/aromatic N) is 1. The van der Waals surface area contributed by atoms with Crippen molar-refractivity contribution >= 4 is 17.4 Å². The minimum absolute atomic E-state index is 0.193. The quantitative estimate of drug-likeness (QED) is 0.686. The van der Waals surface area contributed by atoms with Gasteiger partial charge in [0.1, 0.15) is 0 Å². The topological polar surface area (TPSA) is 15.3 Å². The number of benzene rings is 2. The highest BCUT2D eigenvalue weighted by atomic mass is 32.2. The summed E-state index contributed by atoms with van der Waals surface area (Å²) in [6.07, 6.45) is 4.94. The zero-order valence-corrected chi connectivity index (χ0v) is 17.4. The number of hydrogen-bond donors (Lipinski definition) is 1. The lowest BCUT2D eigenvalue weighted by Gasteiger charge is -2.36. The van der Waals surface area contributed by atoms with Crippen molar-refractivity contribution in [3.8, 4) is 0 Å². The summed E-state index contributed by atoms with van der Waals surface area (Å²) in [6, 6.07) is 18.1. The first-order chi connectivity index (χ1) is 12.6. The molecule has 0 fully saturated rings. The van der Waals surface area contributed by atoms with E-state index in [1.807, 2.05) is 11.8 Å². The third-order valence-electron chi connectivity index (χ3n) is 5.59. The molecule has 0 spiro atoms. The summed E-state index contributed by atoms with van der Waals surface area (Å²) in [4.78, 5) is 3.62. The van der Waals surface area contributed by atoms with Gasteiger partial charge in [0, 0.05) is 36.0 Å². The first-order valence-electron chi connectivity index (χ1n) is 9.85. The van der Waals surface area contributed by atoms with Crippen LogP contribution in [0.15, 0.2) is 53.4 Å². The van der Waals surface area contributed by atoms with Gasteiger partial charge >= 0.3 is 0 Å². The summed E-state index contributed by atoms with van der Waals surface area (Å²) in [7, 11) is 4.24. The van der Waals surface area contributed by atoms with Crippen LogP contribution < -0.4 is 10.2 Å². The molecule has 0 bridgehead atoms. The molecule has 0 unspecified atom stereocenters. The first-order valence-corrected chi connectivity index (χ1v) is 10.8. The maximum atomic E-state index is 4.11. The van der Waals surface area contributed by atoms with Crippen molar-refractivity contribution in [1.29, 1.82) is 0 Å². The number of hydrogen-bond acceptors (Lipinski definition) is 3. The molecule has 1 heterocycles. The predicted molar refractivity (Wildman–Crippen MR) is 115 cm³/mol. The van der Waals surface area contributed by atoms with Crippen LogP contribution in [-0.4, -0.2) is 25.4 Å². The number of fused-ring (bicyclic) bond motifs is 1. The van der Waals surface area contributed by atoms with E-state index >= 15 is 0 Å². The Morgan fingerprint density at radius 1 is 1.12 bits per heavy atom. The molecule has 0 saturated carbocycles. The van der Waals surface area contributed by atoms with Gasteiger partial charge in [-0.15, -0.1) is 11.8 Å². The van der Waals surface area contributed by atoms with Crippen LogP contribution in [0.5, 0.6) is 0 Å². The van der Waals surface area contributed by atoms with Gasteiger partial charge in [-0.05, 0) is 42.2 Å². The molecule has 2 aromatic carbocycles. The van der Waals surface area contributed by atoms with Gasteiger partial charge in [-0.25, -0.2) is 0 Å². The second-order valence-electron chi connectivity index (χ2n) is 7.63. The second kappa shape index (κ2) is 8.49. The zero-order chi connectivity index (χ0) is 18.6. The third-order valence-corrected chi connectivity index (χ3v) is 6.97. The molecule has 26 heavy (non-hydrogen) atoms. The van der Waals surface area contributed by atoms with Crippen LogP contribution >= 0.6 is 11.8 Å². The molecular formula is C23H32N2S. The van der Waals surface area contributed by atoms with Crippen LogP contribution in [-0.2, 0) is 0 Å². The monoisotopic (exact) mass is 368 g/mol. The number of anilines is 1. The van der Waals surface area contributed by atoms with Crippen LogP contribution in [0.25, 0.3) is 0 Å². The van der Waals surface area contributed by atoms with E-state index in [1.54, 1.807) is 0 Å². The van der Waals surface area contributed by atoms with Crippen molar-refractivity contribution in [2.24, 2.45) is 0 Å². The van der Waals surface area contributed by atoms with Crippen molar-refractivity contribution in [3.63, 3.8) is 0 Å². The molecule has 2 aromatic rings. The maximum Gasteiger partial charge on any atom is 0.0593 e. The molecule has 140 valence electrons. The van der Waals surface area contributed by atoms with E-state index in [0.717, 1.165) is 12.2 Å². The summed E-state index contributed by atoms with van der Waals surface area (Å²) in [5, 5.41) is 4.11. The van der Waals surface area contributed by atoms with E-state index in [1.165, 1.54) is 41.0 Å². The highest BCUT2D eigenvalue weighted by Crippen LogP contribution is 2.42. The van der Waals surface area contributed by atoms with E-state index in [4.69, 9.17) is 0 Å². The smallest absolute Gasteiger partial charge is 0.0593 e. The van der Waals surface area contributed by atoms with Gasteiger partial charge in [0.25, 0.3) is 0 Å². The van der Waals surface area contributed by atoms with Gasteiger partial charge in [-0.2, -0.15) is 0 Å². The number of rotatable bonds is 6. The Kier molecular flexibility index (Phi) is 6.31. The molecule has 0 aliphatic carbocycles. The molecule has 0 radical (unpaired) electrons. The SMILES string of the molecule is CCCC[C@]1(CC)CSc2ccc(N(C)C)cc2[C@@H](c2ccccc2)N1. The second-order valence-corrected chi connectivity index (χ2v) is 8.65. The van der Waals surface area contributed by atoms with Gasteiger partial charge < -0.3 is 4.90 Å². The Labute approximate surface area is 163 Å². The lowest BCUT2D eigenvalue weighted by atomic mass is 9.88. The highest BCUT2D eigenvalue weighted by molar-refractivity contribution is 7.99. The Morgan fingerprint density at radius 2 is 1.88 bits per heavy atom. The van der Waals surface area contributed by atoms with Crippen molar-refractivity contribution < 1.29 is 0 Å². The fraction of sp³-hybridized carbons (Fsp3) is 0.478. The predicted octanol–water partition coefficient (Wildman–Crippen LogP) is 5.88. The lowest BCUT2D eigenvalue weighted by molar-refractivity contribution is 0.298. The van der Waals surface area contributed by atoms with Crippen molar-refractivity contribution in [1.82, 2.24) is 5.32 Å². The van der Waals surface area contributed by atoms with E-state index in [2.05, 4.69) is 86.7 Å². The van der Waals surface area contributed by atoms with Crippen molar-refractivity contribution in [2.45, 2.75) is 56.0 Å². The molecule has 1 aliphatic rings. The van der Waals surface area contributed by atoms with Crippen LogP contribution in [0.1, 0.15) is 56.7 Å².